The molecule has 0 bridgehead atoms. The van der Waals surface area contributed by atoms with Gasteiger partial charge < -0.3 is 14.5 Å². The van der Waals surface area contributed by atoms with Gasteiger partial charge in [0.05, 0.1) is 0 Å². The summed E-state index contributed by atoms with van der Waals surface area (Å²) < 4.78 is 11.5. The van der Waals surface area contributed by atoms with Crippen molar-refractivity contribution in [1.82, 2.24) is 5.32 Å². The van der Waals surface area contributed by atoms with Gasteiger partial charge in [-0.15, -0.1) is 0 Å². The van der Waals surface area contributed by atoms with Gasteiger partial charge in [0.15, 0.2) is 0 Å². The van der Waals surface area contributed by atoms with Crippen molar-refractivity contribution >= 4 is 0 Å². The van der Waals surface area contributed by atoms with E-state index in [1.165, 1.54) is 18.4 Å². The van der Waals surface area contributed by atoms with Gasteiger partial charge in [-0.25, -0.2) is 0 Å². The first kappa shape index (κ1) is 17.3. The molecule has 0 aliphatic heterocycles. The van der Waals surface area contributed by atoms with E-state index in [2.05, 4.69) is 46.0 Å². The molecule has 1 atom stereocenters. The monoisotopic (exact) mass is 281 g/mol. The largest absolute Gasteiger partial charge is 0.464 e. The van der Waals surface area contributed by atoms with Crippen LogP contribution < -0.4 is 5.32 Å². The van der Waals surface area contributed by atoms with Crippen LogP contribution >= 0.6 is 0 Å². The van der Waals surface area contributed by atoms with Gasteiger partial charge in [0, 0.05) is 24.3 Å². The Morgan fingerprint density at radius 1 is 1.35 bits per heavy atom. The molecule has 1 heterocycles. The Bertz CT molecular complexity index is 390. The molecule has 1 unspecified atom stereocenters. The molecule has 0 amide bonds. The third kappa shape index (κ3) is 6.58. The van der Waals surface area contributed by atoms with Gasteiger partial charge in [0.25, 0.3) is 0 Å². The average Bonchev–Trinajstić information content (AvgIpc) is 2.67. The van der Waals surface area contributed by atoms with Crippen molar-refractivity contribution in [2.75, 3.05) is 6.61 Å². The zero-order valence-electron chi connectivity index (χ0n) is 14.0. The summed E-state index contributed by atoms with van der Waals surface area (Å²) in [6.07, 6.45) is 2.44. The molecule has 116 valence electrons. The van der Waals surface area contributed by atoms with Crippen molar-refractivity contribution < 1.29 is 9.15 Å². The molecule has 0 radical (unpaired) electrons. The van der Waals surface area contributed by atoms with Crippen molar-refractivity contribution in [2.45, 2.75) is 73.1 Å². The summed E-state index contributed by atoms with van der Waals surface area (Å²) in [4.78, 5) is 0. The Hall–Kier alpha value is -0.800. The van der Waals surface area contributed by atoms with E-state index in [-0.39, 0.29) is 5.54 Å². The normalized spacial score (nSPS) is 13.7. The van der Waals surface area contributed by atoms with Crippen LogP contribution in [-0.2, 0) is 17.9 Å². The van der Waals surface area contributed by atoms with Crippen molar-refractivity contribution in [3.63, 3.8) is 0 Å². The van der Waals surface area contributed by atoms with Crippen LogP contribution in [0.15, 0.2) is 10.5 Å². The Balaban J connectivity index is 2.41. The van der Waals surface area contributed by atoms with Crippen molar-refractivity contribution in [2.24, 2.45) is 5.92 Å². The highest BCUT2D eigenvalue weighted by atomic mass is 16.5. The molecule has 0 fully saturated rings. The molecule has 0 aliphatic carbocycles. The van der Waals surface area contributed by atoms with E-state index in [1.807, 2.05) is 6.92 Å². The van der Waals surface area contributed by atoms with Crippen LogP contribution in [0.3, 0.4) is 0 Å². The van der Waals surface area contributed by atoms with E-state index in [0.29, 0.717) is 12.5 Å². The van der Waals surface area contributed by atoms with Gasteiger partial charge in [-0.05, 0) is 46.1 Å². The SMILES string of the molecule is CCCC(C)COCc1cc(CNC(C)(C)C)c(C)o1. The molecule has 0 saturated carbocycles. The topological polar surface area (TPSA) is 34.4 Å². The van der Waals surface area contributed by atoms with Gasteiger partial charge in [-0.2, -0.15) is 0 Å². The molecular formula is C17H31NO2. The van der Waals surface area contributed by atoms with Gasteiger partial charge in [0.2, 0.25) is 0 Å². The summed E-state index contributed by atoms with van der Waals surface area (Å²) in [5, 5.41) is 3.48. The van der Waals surface area contributed by atoms with Crippen LogP contribution in [0.2, 0.25) is 0 Å². The minimum absolute atomic E-state index is 0.121. The van der Waals surface area contributed by atoms with E-state index in [9.17, 15) is 0 Å². The Labute approximate surface area is 124 Å². The van der Waals surface area contributed by atoms with Gasteiger partial charge in [0.1, 0.15) is 18.1 Å². The summed E-state index contributed by atoms with van der Waals surface area (Å²) in [5.74, 6) is 2.54. The van der Waals surface area contributed by atoms with Crippen LogP contribution in [0.4, 0.5) is 0 Å². The molecule has 1 aromatic rings. The van der Waals surface area contributed by atoms with Gasteiger partial charge in [-0.1, -0.05) is 20.3 Å². The second-order valence-electron chi connectivity index (χ2n) is 6.81. The zero-order chi connectivity index (χ0) is 15.2. The molecule has 3 nitrogen and oxygen atoms in total. The van der Waals surface area contributed by atoms with Crippen molar-refractivity contribution in [1.29, 1.82) is 0 Å². The predicted molar refractivity (Wildman–Crippen MR) is 83.8 cm³/mol. The van der Waals surface area contributed by atoms with E-state index >= 15 is 0 Å². The second-order valence-corrected chi connectivity index (χ2v) is 6.81. The summed E-state index contributed by atoms with van der Waals surface area (Å²) in [6, 6.07) is 2.11. The van der Waals surface area contributed by atoms with Crippen molar-refractivity contribution in [3.05, 3.63) is 23.2 Å². The first-order valence-corrected chi connectivity index (χ1v) is 7.72. The molecule has 1 rings (SSSR count). The first-order valence-electron chi connectivity index (χ1n) is 7.72. The fraction of sp³-hybridized carbons (Fsp3) is 0.765. The molecule has 3 heteroatoms. The van der Waals surface area contributed by atoms with Crippen molar-refractivity contribution in [3.8, 4) is 0 Å². The maximum atomic E-state index is 5.76. The number of rotatable bonds is 8. The third-order valence-corrected chi connectivity index (χ3v) is 3.31. The van der Waals surface area contributed by atoms with Crippen LogP contribution in [0.5, 0.6) is 0 Å². The lowest BCUT2D eigenvalue weighted by molar-refractivity contribution is 0.0771. The molecule has 20 heavy (non-hydrogen) atoms. The number of aryl methyl sites for hydroxylation is 1. The van der Waals surface area contributed by atoms with E-state index in [4.69, 9.17) is 9.15 Å². The molecular weight excluding hydrogens is 250 g/mol. The van der Waals surface area contributed by atoms with E-state index in [0.717, 1.165) is 24.7 Å². The van der Waals surface area contributed by atoms with Crippen LogP contribution in [0.25, 0.3) is 0 Å². The highest BCUT2D eigenvalue weighted by Crippen LogP contribution is 2.17. The molecule has 0 spiro atoms. The fourth-order valence-electron chi connectivity index (χ4n) is 2.13. The zero-order valence-corrected chi connectivity index (χ0v) is 14.0. The van der Waals surface area contributed by atoms with Gasteiger partial charge >= 0.3 is 0 Å². The molecule has 1 N–H and O–H groups in total. The van der Waals surface area contributed by atoms with Crippen LogP contribution in [0, 0.1) is 12.8 Å². The smallest absolute Gasteiger partial charge is 0.130 e. The average molecular weight is 281 g/mol. The second kappa shape index (κ2) is 7.84. The Kier molecular flexibility index (Phi) is 6.77. The summed E-state index contributed by atoms with van der Waals surface area (Å²) in [6.45, 7) is 15.2. The number of furan rings is 1. The lowest BCUT2D eigenvalue weighted by Crippen LogP contribution is -2.35. The number of ether oxygens (including phenoxy) is 1. The minimum Gasteiger partial charge on any atom is -0.464 e. The van der Waals surface area contributed by atoms with E-state index < -0.39 is 0 Å². The fourth-order valence-corrected chi connectivity index (χ4v) is 2.13. The summed E-state index contributed by atoms with van der Waals surface area (Å²) in [7, 11) is 0. The maximum Gasteiger partial charge on any atom is 0.130 e. The number of nitrogens with one attached hydrogen (secondary N) is 1. The van der Waals surface area contributed by atoms with E-state index in [1.54, 1.807) is 0 Å². The standard InChI is InChI=1S/C17H31NO2/c1-7-8-13(2)11-19-12-16-9-15(14(3)20-16)10-18-17(4,5)6/h9,13,18H,7-8,10-12H2,1-6H3. The number of hydrogen-bond donors (Lipinski definition) is 1. The lowest BCUT2D eigenvalue weighted by Gasteiger charge is -2.20. The lowest BCUT2D eigenvalue weighted by atomic mass is 10.1. The minimum atomic E-state index is 0.121. The first-order chi connectivity index (χ1) is 9.31. The molecule has 1 aromatic heterocycles. The predicted octanol–water partition coefficient (Wildman–Crippen LogP) is 4.43. The molecule has 0 aromatic carbocycles. The maximum absolute atomic E-state index is 5.76. The molecule has 0 aliphatic rings. The highest BCUT2D eigenvalue weighted by molar-refractivity contribution is 5.20. The summed E-state index contributed by atoms with van der Waals surface area (Å²) >= 11 is 0. The third-order valence-electron chi connectivity index (χ3n) is 3.31. The highest BCUT2D eigenvalue weighted by Gasteiger charge is 2.12. The quantitative estimate of drug-likeness (QED) is 0.765. The molecule has 0 saturated heterocycles. The van der Waals surface area contributed by atoms with Gasteiger partial charge in [-0.3, -0.25) is 0 Å². The Morgan fingerprint density at radius 2 is 2.05 bits per heavy atom. The van der Waals surface area contributed by atoms with Crippen LogP contribution in [-0.4, -0.2) is 12.1 Å². The summed E-state index contributed by atoms with van der Waals surface area (Å²) in [5.41, 5.74) is 1.34. The van der Waals surface area contributed by atoms with Crippen LogP contribution in [0.1, 0.15) is 64.5 Å². The Morgan fingerprint density at radius 3 is 2.65 bits per heavy atom. The number of hydrogen-bond acceptors (Lipinski definition) is 3.